The molecule has 1 N–H and O–H groups in total. The highest BCUT2D eigenvalue weighted by Gasteiger charge is 2.24. The van der Waals surface area contributed by atoms with Crippen LogP contribution < -0.4 is 4.74 Å². The highest BCUT2D eigenvalue weighted by molar-refractivity contribution is 7.89. The molecule has 0 fully saturated rings. The first-order chi connectivity index (χ1) is 8.78. The lowest BCUT2D eigenvalue weighted by molar-refractivity contribution is -0.137. The van der Waals surface area contributed by atoms with Crippen LogP contribution in [0.1, 0.15) is 12.5 Å². The molecular weight excluding hydrogens is 270 g/mol. The van der Waals surface area contributed by atoms with Crippen LogP contribution in [0.15, 0.2) is 23.1 Å². The van der Waals surface area contributed by atoms with Gasteiger partial charge in [0.1, 0.15) is 12.3 Å². The molecular formula is C12H17NO5S. The molecule has 0 aliphatic rings. The molecule has 0 bridgehead atoms. The van der Waals surface area contributed by atoms with Gasteiger partial charge in [-0.2, -0.15) is 4.31 Å². The van der Waals surface area contributed by atoms with Crippen molar-refractivity contribution in [3.63, 3.8) is 0 Å². The smallest absolute Gasteiger partial charge is 0.318 e. The monoisotopic (exact) mass is 287 g/mol. The molecule has 1 aromatic carbocycles. The first kappa shape index (κ1) is 15.5. The zero-order valence-electron chi connectivity index (χ0n) is 11.1. The number of carboxylic acids is 1. The largest absolute Gasteiger partial charge is 0.494 e. The number of carbonyl (C=O) groups is 1. The Bertz CT molecular complexity index is 567. The number of ether oxygens (including phenoxy) is 1. The molecule has 6 nitrogen and oxygen atoms in total. The summed E-state index contributed by atoms with van der Waals surface area (Å²) in [5.74, 6) is -0.616. The van der Waals surface area contributed by atoms with Crippen LogP contribution in [0.5, 0.6) is 5.75 Å². The number of sulfonamides is 1. The van der Waals surface area contributed by atoms with Crippen LogP contribution in [-0.4, -0.2) is 44.0 Å². The van der Waals surface area contributed by atoms with Gasteiger partial charge in [0.05, 0.1) is 11.5 Å². The van der Waals surface area contributed by atoms with Crippen LogP contribution >= 0.6 is 0 Å². The lowest BCUT2D eigenvalue weighted by Crippen LogP contribution is -2.32. The molecule has 0 radical (unpaired) electrons. The Balaban J connectivity index is 3.11. The summed E-state index contributed by atoms with van der Waals surface area (Å²) in [4.78, 5) is 10.7. The third kappa shape index (κ3) is 3.68. The molecule has 106 valence electrons. The van der Waals surface area contributed by atoms with Gasteiger partial charge in [0.2, 0.25) is 10.0 Å². The number of nitrogens with zero attached hydrogens (tertiary/aromatic N) is 1. The second-order valence-corrected chi connectivity index (χ2v) is 6.03. The first-order valence-electron chi connectivity index (χ1n) is 5.70. The van der Waals surface area contributed by atoms with E-state index < -0.39 is 22.5 Å². The average molecular weight is 287 g/mol. The van der Waals surface area contributed by atoms with E-state index in [0.29, 0.717) is 17.9 Å². The molecule has 0 saturated carbocycles. The molecule has 0 aliphatic heterocycles. The van der Waals surface area contributed by atoms with Gasteiger partial charge in [-0.15, -0.1) is 0 Å². The van der Waals surface area contributed by atoms with E-state index in [9.17, 15) is 13.2 Å². The Hall–Kier alpha value is -1.60. The van der Waals surface area contributed by atoms with Gasteiger partial charge < -0.3 is 9.84 Å². The second kappa shape index (κ2) is 6.03. The molecule has 0 amide bonds. The lowest BCUT2D eigenvalue weighted by atomic mass is 10.2. The van der Waals surface area contributed by atoms with Crippen molar-refractivity contribution in [3.8, 4) is 5.75 Å². The topological polar surface area (TPSA) is 83.9 Å². The molecule has 0 atom stereocenters. The quantitative estimate of drug-likeness (QED) is 0.847. The zero-order chi connectivity index (χ0) is 14.6. The summed E-state index contributed by atoms with van der Waals surface area (Å²) < 4.78 is 30.4. The zero-order valence-corrected chi connectivity index (χ0v) is 11.9. The third-order valence-corrected chi connectivity index (χ3v) is 4.47. The molecule has 7 heteroatoms. The third-order valence-electron chi connectivity index (χ3n) is 2.50. The SMILES string of the molecule is CCOc1ccc(S(=O)(=O)N(C)CC(=O)O)c(C)c1. The summed E-state index contributed by atoms with van der Waals surface area (Å²) in [6.07, 6.45) is 0. The normalized spacial score (nSPS) is 11.6. The Morgan fingerprint density at radius 1 is 1.42 bits per heavy atom. The fourth-order valence-electron chi connectivity index (χ4n) is 1.61. The summed E-state index contributed by atoms with van der Waals surface area (Å²) in [6, 6.07) is 4.59. The van der Waals surface area contributed by atoms with Crippen LogP contribution in [0.2, 0.25) is 0 Å². The van der Waals surface area contributed by atoms with Gasteiger partial charge in [-0.25, -0.2) is 8.42 Å². The van der Waals surface area contributed by atoms with Gasteiger partial charge in [0, 0.05) is 7.05 Å². The van der Waals surface area contributed by atoms with Gasteiger partial charge in [-0.05, 0) is 37.6 Å². The van der Waals surface area contributed by atoms with Gasteiger partial charge in [-0.3, -0.25) is 4.79 Å². The van der Waals surface area contributed by atoms with E-state index in [1.54, 1.807) is 19.1 Å². The van der Waals surface area contributed by atoms with E-state index in [4.69, 9.17) is 9.84 Å². The molecule has 0 spiro atoms. The summed E-state index contributed by atoms with van der Waals surface area (Å²) in [7, 11) is -2.56. The van der Waals surface area contributed by atoms with E-state index in [-0.39, 0.29) is 4.90 Å². The highest BCUT2D eigenvalue weighted by Crippen LogP contribution is 2.23. The van der Waals surface area contributed by atoms with Crippen LogP contribution in [0.4, 0.5) is 0 Å². The van der Waals surface area contributed by atoms with Crippen molar-refractivity contribution >= 4 is 16.0 Å². The molecule has 0 heterocycles. The molecule has 0 aliphatic carbocycles. The number of aliphatic carboxylic acids is 1. The van der Waals surface area contributed by atoms with Crippen LogP contribution in [0, 0.1) is 6.92 Å². The highest BCUT2D eigenvalue weighted by atomic mass is 32.2. The van der Waals surface area contributed by atoms with E-state index in [1.807, 2.05) is 6.92 Å². The van der Waals surface area contributed by atoms with Crippen molar-refractivity contribution in [3.05, 3.63) is 23.8 Å². The summed E-state index contributed by atoms with van der Waals surface area (Å²) >= 11 is 0. The Morgan fingerprint density at radius 3 is 2.53 bits per heavy atom. The van der Waals surface area contributed by atoms with Crippen molar-refractivity contribution in [2.75, 3.05) is 20.2 Å². The Morgan fingerprint density at radius 2 is 2.05 bits per heavy atom. The van der Waals surface area contributed by atoms with Gasteiger partial charge >= 0.3 is 5.97 Å². The van der Waals surface area contributed by atoms with Gasteiger partial charge in [0.15, 0.2) is 0 Å². The maximum Gasteiger partial charge on any atom is 0.318 e. The number of aryl methyl sites for hydroxylation is 1. The fraction of sp³-hybridized carbons (Fsp3) is 0.417. The van der Waals surface area contributed by atoms with Crippen molar-refractivity contribution in [1.29, 1.82) is 0 Å². The number of likely N-dealkylation sites (N-methyl/N-ethyl adjacent to an activating group) is 1. The predicted molar refractivity (Wildman–Crippen MR) is 69.8 cm³/mol. The summed E-state index contributed by atoms with van der Waals surface area (Å²) in [6.45, 7) is 3.39. The van der Waals surface area contributed by atoms with Crippen LogP contribution in [0.25, 0.3) is 0 Å². The van der Waals surface area contributed by atoms with E-state index in [2.05, 4.69) is 0 Å². The second-order valence-electron chi connectivity index (χ2n) is 4.02. The number of hydrogen-bond acceptors (Lipinski definition) is 4. The molecule has 19 heavy (non-hydrogen) atoms. The van der Waals surface area contributed by atoms with Gasteiger partial charge in [0.25, 0.3) is 0 Å². The maximum atomic E-state index is 12.2. The number of rotatable bonds is 6. The minimum Gasteiger partial charge on any atom is -0.494 e. The predicted octanol–water partition coefficient (Wildman–Crippen LogP) is 1.10. The van der Waals surface area contributed by atoms with Crippen molar-refractivity contribution in [2.45, 2.75) is 18.7 Å². The van der Waals surface area contributed by atoms with Gasteiger partial charge in [-0.1, -0.05) is 0 Å². The molecule has 0 aromatic heterocycles. The van der Waals surface area contributed by atoms with Crippen molar-refractivity contribution in [2.24, 2.45) is 0 Å². The average Bonchev–Trinajstić information content (AvgIpc) is 2.28. The van der Waals surface area contributed by atoms with E-state index >= 15 is 0 Å². The van der Waals surface area contributed by atoms with E-state index in [1.165, 1.54) is 13.1 Å². The molecule has 1 rings (SSSR count). The maximum absolute atomic E-state index is 12.2. The molecule has 1 aromatic rings. The molecule has 0 unspecified atom stereocenters. The van der Waals surface area contributed by atoms with Crippen LogP contribution in [-0.2, 0) is 14.8 Å². The minimum atomic E-state index is -3.80. The fourth-order valence-corrected chi connectivity index (χ4v) is 2.93. The Labute approximate surface area is 112 Å². The first-order valence-corrected chi connectivity index (χ1v) is 7.14. The number of hydrogen-bond donors (Lipinski definition) is 1. The number of carboxylic acid groups (broad SMARTS) is 1. The minimum absolute atomic E-state index is 0.0831. The summed E-state index contributed by atoms with van der Waals surface area (Å²) in [5, 5.41) is 8.65. The Kier molecular flexibility index (Phi) is 4.90. The standard InChI is InChI=1S/C12H17NO5S/c1-4-18-10-5-6-11(9(2)7-10)19(16,17)13(3)8-12(14)15/h5-7H,4,8H2,1-3H3,(H,14,15). The molecule has 0 saturated heterocycles. The summed E-state index contributed by atoms with van der Waals surface area (Å²) in [5.41, 5.74) is 0.517. The van der Waals surface area contributed by atoms with Crippen LogP contribution in [0.3, 0.4) is 0 Å². The van der Waals surface area contributed by atoms with Crippen molar-refractivity contribution < 1.29 is 23.1 Å². The number of benzene rings is 1. The van der Waals surface area contributed by atoms with E-state index in [0.717, 1.165) is 4.31 Å². The lowest BCUT2D eigenvalue weighted by Gasteiger charge is -2.17. The van der Waals surface area contributed by atoms with Crippen molar-refractivity contribution in [1.82, 2.24) is 4.31 Å².